The van der Waals surface area contributed by atoms with Gasteiger partial charge in [-0.25, -0.2) is 4.39 Å². The molecule has 2 aliphatic rings. The summed E-state index contributed by atoms with van der Waals surface area (Å²) in [5, 5.41) is 0. The fourth-order valence-corrected chi connectivity index (χ4v) is 3.87. The monoisotopic (exact) mass is 377 g/mol. The standard InChI is InChI=1S/C20H28FN3O3/c1-27-14-8-19(25)23-10-2-9-22(12-13-23)18-7-11-24(20(18)26)15-16-3-5-17(21)6-4-16/h3-6,18H,2,7-15H2,1H3/t18-/m1/s1. The number of hydrogen-bond acceptors (Lipinski definition) is 4. The fraction of sp³-hybridized carbons (Fsp3) is 0.600. The van der Waals surface area contributed by atoms with Crippen LogP contribution >= 0.6 is 0 Å². The normalized spacial score (nSPS) is 21.6. The molecule has 3 rings (SSSR count). The molecule has 2 amide bonds. The molecule has 1 atom stereocenters. The molecule has 0 aliphatic carbocycles. The Kier molecular flexibility index (Phi) is 6.79. The van der Waals surface area contributed by atoms with Crippen LogP contribution in [0.4, 0.5) is 4.39 Å². The van der Waals surface area contributed by atoms with Crippen molar-refractivity contribution in [1.82, 2.24) is 14.7 Å². The van der Waals surface area contributed by atoms with Crippen LogP contribution < -0.4 is 0 Å². The van der Waals surface area contributed by atoms with Gasteiger partial charge in [0.2, 0.25) is 11.8 Å². The number of likely N-dealkylation sites (tertiary alicyclic amines) is 1. The Morgan fingerprint density at radius 2 is 1.93 bits per heavy atom. The molecule has 2 heterocycles. The Balaban J connectivity index is 1.53. The Hall–Kier alpha value is -1.99. The van der Waals surface area contributed by atoms with Crippen LogP contribution in [0, 0.1) is 5.82 Å². The molecule has 148 valence electrons. The van der Waals surface area contributed by atoms with E-state index in [4.69, 9.17) is 4.74 Å². The third-order valence-electron chi connectivity index (χ3n) is 5.40. The van der Waals surface area contributed by atoms with Gasteiger partial charge in [-0.05, 0) is 30.5 Å². The summed E-state index contributed by atoms with van der Waals surface area (Å²) in [6.07, 6.45) is 2.09. The number of halogens is 1. The van der Waals surface area contributed by atoms with Crippen molar-refractivity contribution in [3.05, 3.63) is 35.6 Å². The number of ether oxygens (including phenoxy) is 1. The van der Waals surface area contributed by atoms with Crippen molar-refractivity contribution in [2.75, 3.05) is 46.4 Å². The van der Waals surface area contributed by atoms with Crippen LogP contribution in [-0.2, 0) is 20.9 Å². The Labute approximate surface area is 159 Å². The minimum atomic E-state index is -0.265. The summed E-state index contributed by atoms with van der Waals surface area (Å²) in [5.74, 6) is -0.00795. The van der Waals surface area contributed by atoms with Crippen molar-refractivity contribution in [1.29, 1.82) is 0 Å². The highest BCUT2D eigenvalue weighted by atomic mass is 19.1. The van der Waals surface area contributed by atoms with Crippen molar-refractivity contribution < 1.29 is 18.7 Å². The molecule has 0 bridgehead atoms. The number of amides is 2. The molecule has 7 heteroatoms. The first kappa shape index (κ1) is 19.8. The largest absolute Gasteiger partial charge is 0.384 e. The van der Waals surface area contributed by atoms with Gasteiger partial charge >= 0.3 is 0 Å². The van der Waals surface area contributed by atoms with Crippen LogP contribution in [0.15, 0.2) is 24.3 Å². The van der Waals surface area contributed by atoms with E-state index in [0.717, 1.165) is 38.0 Å². The maximum atomic E-state index is 13.1. The molecule has 2 fully saturated rings. The van der Waals surface area contributed by atoms with Crippen molar-refractivity contribution >= 4 is 11.8 Å². The van der Waals surface area contributed by atoms with Gasteiger partial charge in [0, 0.05) is 46.4 Å². The molecular weight excluding hydrogens is 349 g/mol. The molecule has 27 heavy (non-hydrogen) atoms. The highest BCUT2D eigenvalue weighted by molar-refractivity contribution is 5.84. The van der Waals surface area contributed by atoms with Gasteiger partial charge in [0.25, 0.3) is 0 Å². The summed E-state index contributed by atoms with van der Waals surface area (Å²) in [4.78, 5) is 31.0. The second-order valence-corrected chi connectivity index (χ2v) is 7.20. The lowest BCUT2D eigenvalue weighted by atomic mass is 10.2. The van der Waals surface area contributed by atoms with Crippen LogP contribution in [0.1, 0.15) is 24.8 Å². The van der Waals surface area contributed by atoms with Gasteiger partial charge in [0.1, 0.15) is 5.82 Å². The predicted octanol–water partition coefficient (Wildman–Crippen LogP) is 1.50. The highest BCUT2D eigenvalue weighted by Gasteiger charge is 2.36. The van der Waals surface area contributed by atoms with E-state index in [1.807, 2.05) is 9.80 Å². The molecule has 0 saturated carbocycles. The van der Waals surface area contributed by atoms with E-state index in [-0.39, 0.29) is 23.7 Å². The summed E-state index contributed by atoms with van der Waals surface area (Å²) in [6, 6.07) is 6.20. The highest BCUT2D eigenvalue weighted by Crippen LogP contribution is 2.21. The van der Waals surface area contributed by atoms with Crippen molar-refractivity contribution in [2.45, 2.75) is 31.8 Å². The first-order chi connectivity index (χ1) is 13.1. The number of carbonyl (C=O) groups excluding carboxylic acids is 2. The van der Waals surface area contributed by atoms with E-state index in [1.165, 1.54) is 12.1 Å². The van der Waals surface area contributed by atoms with Gasteiger partial charge in [0.05, 0.1) is 19.1 Å². The molecule has 2 saturated heterocycles. The van der Waals surface area contributed by atoms with Crippen molar-refractivity contribution in [3.63, 3.8) is 0 Å². The van der Waals surface area contributed by atoms with Gasteiger partial charge in [-0.3, -0.25) is 14.5 Å². The number of hydrogen-bond donors (Lipinski definition) is 0. The lowest BCUT2D eigenvalue weighted by Crippen LogP contribution is -2.44. The summed E-state index contributed by atoms with van der Waals surface area (Å²) in [7, 11) is 1.60. The Morgan fingerprint density at radius 1 is 1.15 bits per heavy atom. The number of carbonyl (C=O) groups is 2. The molecule has 0 aromatic heterocycles. The van der Waals surface area contributed by atoms with E-state index in [9.17, 15) is 14.0 Å². The minimum absolute atomic E-state index is 0.112. The van der Waals surface area contributed by atoms with E-state index >= 15 is 0 Å². The Morgan fingerprint density at radius 3 is 2.67 bits per heavy atom. The Bertz CT molecular complexity index is 652. The van der Waals surface area contributed by atoms with Gasteiger partial charge in [-0.15, -0.1) is 0 Å². The zero-order chi connectivity index (χ0) is 19.2. The smallest absolute Gasteiger partial charge is 0.240 e. The zero-order valence-corrected chi connectivity index (χ0v) is 15.9. The second kappa shape index (κ2) is 9.28. The van der Waals surface area contributed by atoms with Crippen LogP contribution in [0.3, 0.4) is 0 Å². The third kappa shape index (κ3) is 5.05. The second-order valence-electron chi connectivity index (χ2n) is 7.20. The van der Waals surface area contributed by atoms with Gasteiger partial charge < -0.3 is 14.5 Å². The maximum Gasteiger partial charge on any atom is 0.240 e. The maximum absolute atomic E-state index is 13.1. The number of methoxy groups -OCH3 is 1. The molecule has 0 N–H and O–H groups in total. The molecule has 1 aromatic carbocycles. The molecular formula is C20H28FN3O3. The molecule has 0 unspecified atom stereocenters. The van der Waals surface area contributed by atoms with Crippen molar-refractivity contribution in [3.8, 4) is 0 Å². The number of nitrogens with zero attached hydrogens (tertiary/aromatic N) is 3. The van der Waals surface area contributed by atoms with Crippen LogP contribution in [0.2, 0.25) is 0 Å². The van der Waals surface area contributed by atoms with Crippen LogP contribution in [0.5, 0.6) is 0 Å². The summed E-state index contributed by atoms with van der Waals surface area (Å²) in [5.41, 5.74) is 0.941. The summed E-state index contributed by atoms with van der Waals surface area (Å²) < 4.78 is 18.0. The number of benzene rings is 1. The van der Waals surface area contributed by atoms with E-state index in [2.05, 4.69) is 4.90 Å². The molecule has 6 nitrogen and oxygen atoms in total. The van der Waals surface area contributed by atoms with Crippen LogP contribution in [0.25, 0.3) is 0 Å². The van der Waals surface area contributed by atoms with Crippen molar-refractivity contribution in [2.24, 2.45) is 0 Å². The first-order valence-electron chi connectivity index (χ1n) is 9.62. The van der Waals surface area contributed by atoms with Gasteiger partial charge in [-0.2, -0.15) is 0 Å². The zero-order valence-electron chi connectivity index (χ0n) is 15.9. The SMILES string of the molecule is COCCC(=O)N1CCCN([C@@H]2CCN(Cc3ccc(F)cc3)C2=O)CC1. The average Bonchev–Trinajstić information content (AvgIpc) is 2.87. The molecule has 0 spiro atoms. The van der Waals surface area contributed by atoms with Crippen LogP contribution in [-0.4, -0.2) is 79.0 Å². The predicted molar refractivity (Wildman–Crippen MR) is 99.5 cm³/mol. The lowest BCUT2D eigenvalue weighted by molar-refractivity contribution is -0.132. The molecule has 0 radical (unpaired) electrons. The van der Waals surface area contributed by atoms with E-state index < -0.39 is 0 Å². The third-order valence-corrected chi connectivity index (χ3v) is 5.40. The molecule has 2 aliphatic heterocycles. The summed E-state index contributed by atoms with van der Waals surface area (Å²) in [6.45, 7) is 4.62. The quantitative estimate of drug-likeness (QED) is 0.754. The van der Waals surface area contributed by atoms with Gasteiger partial charge in [0.15, 0.2) is 0 Å². The minimum Gasteiger partial charge on any atom is -0.384 e. The lowest BCUT2D eigenvalue weighted by Gasteiger charge is -2.26. The molecule has 1 aromatic rings. The summed E-state index contributed by atoms with van der Waals surface area (Å²) >= 11 is 0. The average molecular weight is 377 g/mol. The van der Waals surface area contributed by atoms with E-state index in [0.29, 0.717) is 32.7 Å². The van der Waals surface area contributed by atoms with Gasteiger partial charge in [-0.1, -0.05) is 12.1 Å². The topological polar surface area (TPSA) is 53.1 Å². The van der Waals surface area contributed by atoms with E-state index in [1.54, 1.807) is 19.2 Å². The first-order valence-corrected chi connectivity index (χ1v) is 9.62. The fourth-order valence-electron chi connectivity index (χ4n) is 3.87. The number of rotatable bonds is 6.